The molecule has 2 N–H and O–H groups in total. The number of aliphatic hydroxyl groups excluding tert-OH is 1. The van der Waals surface area contributed by atoms with Crippen LogP contribution in [0.4, 0.5) is 0 Å². The third-order valence-corrected chi connectivity index (χ3v) is 4.47. The van der Waals surface area contributed by atoms with Gasteiger partial charge in [0.05, 0.1) is 31.7 Å². The molecule has 0 unspecified atom stereocenters. The standard InChI is InChI=1S/C15H21N3O5/c1-2-22-15(21)13-12(16-8-17-13)14(20)18-3-4-23-11-6-9(7-19)5-10(11)18/h8-11,19H,2-7H2,1H3,(H,16,17)/t9-,10+,11+/m1/s1. The zero-order valence-electron chi connectivity index (χ0n) is 13.0. The first-order valence-electron chi connectivity index (χ1n) is 7.89. The van der Waals surface area contributed by atoms with E-state index in [-0.39, 0.29) is 48.6 Å². The van der Waals surface area contributed by atoms with Gasteiger partial charge in [0.1, 0.15) is 0 Å². The minimum atomic E-state index is -0.585. The van der Waals surface area contributed by atoms with Gasteiger partial charge in [-0.05, 0) is 25.7 Å². The highest BCUT2D eigenvalue weighted by Crippen LogP contribution is 2.34. The minimum absolute atomic E-state index is 0.0603. The summed E-state index contributed by atoms with van der Waals surface area (Å²) in [5.41, 5.74) is 0.160. The van der Waals surface area contributed by atoms with Crippen molar-refractivity contribution in [2.75, 3.05) is 26.4 Å². The molecule has 2 fully saturated rings. The van der Waals surface area contributed by atoms with E-state index in [1.54, 1.807) is 11.8 Å². The van der Waals surface area contributed by atoms with Crippen molar-refractivity contribution in [1.82, 2.24) is 14.9 Å². The fraction of sp³-hybridized carbons (Fsp3) is 0.667. The molecule has 1 amide bonds. The number of carbonyl (C=O) groups is 2. The van der Waals surface area contributed by atoms with Crippen LogP contribution < -0.4 is 0 Å². The van der Waals surface area contributed by atoms with Crippen LogP contribution in [0.2, 0.25) is 0 Å². The molecule has 0 bridgehead atoms. The van der Waals surface area contributed by atoms with Crippen molar-refractivity contribution in [2.24, 2.45) is 5.92 Å². The van der Waals surface area contributed by atoms with Gasteiger partial charge in [0.25, 0.3) is 5.91 Å². The van der Waals surface area contributed by atoms with Crippen molar-refractivity contribution in [1.29, 1.82) is 0 Å². The number of nitrogens with zero attached hydrogens (tertiary/aromatic N) is 2. The summed E-state index contributed by atoms with van der Waals surface area (Å²) in [7, 11) is 0. The quantitative estimate of drug-likeness (QED) is 0.767. The maximum atomic E-state index is 12.8. The number of hydrogen-bond donors (Lipinski definition) is 2. The third kappa shape index (κ3) is 2.96. The van der Waals surface area contributed by atoms with E-state index in [1.807, 2.05) is 0 Å². The number of imidazole rings is 1. The predicted molar refractivity (Wildman–Crippen MR) is 78.9 cm³/mol. The lowest BCUT2D eigenvalue weighted by Crippen LogP contribution is -2.51. The largest absolute Gasteiger partial charge is 0.461 e. The van der Waals surface area contributed by atoms with E-state index in [0.29, 0.717) is 19.6 Å². The molecule has 0 radical (unpaired) electrons. The number of rotatable bonds is 4. The Bertz CT molecular complexity index is 587. The maximum Gasteiger partial charge on any atom is 0.357 e. The van der Waals surface area contributed by atoms with E-state index in [2.05, 4.69) is 9.97 Å². The number of nitrogens with one attached hydrogen (secondary N) is 1. The van der Waals surface area contributed by atoms with Crippen LogP contribution in [-0.2, 0) is 9.47 Å². The first-order valence-corrected chi connectivity index (χ1v) is 7.89. The lowest BCUT2D eigenvalue weighted by atomic mass is 10.1. The molecule has 23 heavy (non-hydrogen) atoms. The van der Waals surface area contributed by atoms with Gasteiger partial charge in [-0.3, -0.25) is 4.79 Å². The average Bonchev–Trinajstić information content (AvgIpc) is 3.20. The highest BCUT2D eigenvalue weighted by molar-refractivity contribution is 6.03. The van der Waals surface area contributed by atoms with Crippen molar-refractivity contribution < 1.29 is 24.2 Å². The van der Waals surface area contributed by atoms with Crippen molar-refractivity contribution in [3.63, 3.8) is 0 Å². The Hall–Kier alpha value is -1.93. The van der Waals surface area contributed by atoms with Gasteiger partial charge < -0.3 is 24.5 Å². The summed E-state index contributed by atoms with van der Waals surface area (Å²) in [6.07, 6.45) is 2.71. The minimum Gasteiger partial charge on any atom is -0.461 e. The fourth-order valence-electron chi connectivity index (χ4n) is 3.40. The van der Waals surface area contributed by atoms with E-state index in [9.17, 15) is 14.7 Å². The van der Waals surface area contributed by atoms with Crippen LogP contribution in [0.3, 0.4) is 0 Å². The number of amides is 1. The van der Waals surface area contributed by atoms with E-state index >= 15 is 0 Å². The van der Waals surface area contributed by atoms with Crippen molar-refractivity contribution in [2.45, 2.75) is 31.9 Å². The predicted octanol–water partition coefficient (Wildman–Crippen LogP) is 0.198. The molecule has 0 aromatic carbocycles. The Morgan fingerprint density at radius 1 is 1.52 bits per heavy atom. The van der Waals surface area contributed by atoms with Crippen LogP contribution in [0.15, 0.2) is 6.33 Å². The molecule has 1 saturated heterocycles. The van der Waals surface area contributed by atoms with Crippen molar-refractivity contribution >= 4 is 11.9 Å². The van der Waals surface area contributed by atoms with E-state index in [1.165, 1.54) is 6.33 Å². The molecule has 8 heteroatoms. The Morgan fingerprint density at radius 2 is 2.35 bits per heavy atom. The Kier molecular flexibility index (Phi) is 4.63. The molecular formula is C15H21N3O5. The fourth-order valence-corrected chi connectivity index (χ4v) is 3.40. The van der Waals surface area contributed by atoms with Gasteiger partial charge >= 0.3 is 5.97 Å². The van der Waals surface area contributed by atoms with Crippen LogP contribution in [-0.4, -0.2) is 70.4 Å². The molecule has 1 saturated carbocycles. The summed E-state index contributed by atoms with van der Waals surface area (Å²) in [6, 6.07) is -0.0832. The number of H-pyrrole nitrogens is 1. The number of hydrogen-bond acceptors (Lipinski definition) is 6. The smallest absolute Gasteiger partial charge is 0.357 e. The van der Waals surface area contributed by atoms with Gasteiger partial charge in [-0.15, -0.1) is 0 Å². The molecule has 8 nitrogen and oxygen atoms in total. The molecule has 3 atom stereocenters. The first-order chi connectivity index (χ1) is 11.2. The van der Waals surface area contributed by atoms with Gasteiger partial charge in [-0.1, -0.05) is 0 Å². The van der Waals surface area contributed by atoms with Crippen LogP contribution in [0.5, 0.6) is 0 Å². The molecule has 1 aliphatic carbocycles. The SMILES string of the molecule is CCOC(=O)c1[nH]cnc1C(=O)N1CCO[C@H]2C[C@H](CO)C[C@@H]21. The monoisotopic (exact) mass is 323 g/mol. The topological polar surface area (TPSA) is 105 Å². The molecule has 1 aromatic heterocycles. The number of ether oxygens (including phenoxy) is 2. The van der Waals surface area contributed by atoms with Crippen LogP contribution in [0.1, 0.15) is 40.7 Å². The number of esters is 1. The number of fused-ring (bicyclic) bond motifs is 1. The number of aromatic amines is 1. The first kappa shape index (κ1) is 15.9. The summed E-state index contributed by atoms with van der Waals surface area (Å²) >= 11 is 0. The second-order valence-electron chi connectivity index (χ2n) is 5.84. The lowest BCUT2D eigenvalue weighted by molar-refractivity contribution is -0.0451. The Morgan fingerprint density at radius 3 is 3.09 bits per heavy atom. The lowest BCUT2D eigenvalue weighted by Gasteiger charge is -2.37. The molecule has 1 aliphatic heterocycles. The van der Waals surface area contributed by atoms with Gasteiger partial charge in [0, 0.05) is 13.2 Å². The summed E-state index contributed by atoms with van der Waals surface area (Å²) in [6.45, 7) is 2.92. The molecular weight excluding hydrogens is 302 g/mol. The van der Waals surface area contributed by atoms with E-state index in [0.717, 1.165) is 6.42 Å². The number of carbonyl (C=O) groups excluding carboxylic acids is 2. The second kappa shape index (κ2) is 6.67. The van der Waals surface area contributed by atoms with Gasteiger partial charge in [-0.25, -0.2) is 9.78 Å². The summed E-state index contributed by atoms with van der Waals surface area (Å²) in [4.78, 5) is 33.2. The maximum absolute atomic E-state index is 12.8. The molecule has 0 spiro atoms. The molecule has 126 valence electrons. The molecule has 3 rings (SSSR count). The third-order valence-electron chi connectivity index (χ3n) is 4.47. The second-order valence-corrected chi connectivity index (χ2v) is 5.84. The van der Waals surface area contributed by atoms with Gasteiger partial charge in [0.2, 0.25) is 0 Å². The summed E-state index contributed by atoms with van der Waals surface area (Å²) < 4.78 is 10.7. The average molecular weight is 323 g/mol. The number of morpholine rings is 1. The Labute approximate surface area is 133 Å². The zero-order valence-corrected chi connectivity index (χ0v) is 13.0. The van der Waals surface area contributed by atoms with Crippen LogP contribution >= 0.6 is 0 Å². The molecule has 1 aromatic rings. The highest BCUT2D eigenvalue weighted by Gasteiger charge is 2.43. The van der Waals surface area contributed by atoms with Gasteiger partial charge in [0.15, 0.2) is 11.4 Å². The number of aliphatic hydroxyl groups is 1. The summed E-state index contributed by atoms with van der Waals surface area (Å²) in [5.74, 6) is -0.744. The summed E-state index contributed by atoms with van der Waals surface area (Å²) in [5, 5.41) is 9.36. The highest BCUT2D eigenvalue weighted by atomic mass is 16.5. The molecule has 2 heterocycles. The van der Waals surface area contributed by atoms with E-state index in [4.69, 9.17) is 9.47 Å². The van der Waals surface area contributed by atoms with Crippen LogP contribution in [0, 0.1) is 5.92 Å². The number of aromatic nitrogens is 2. The van der Waals surface area contributed by atoms with Crippen molar-refractivity contribution in [3.8, 4) is 0 Å². The van der Waals surface area contributed by atoms with E-state index < -0.39 is 5.97 Å². The normalized spacial score (nSPS) is 26.9. The Balaban J connectivity index is 1.80. The zero-order chi connectivity index (χ0) is 16.4. The molecule has 2 aliphatic rings. The van der Waals surface area contributed by atoms with Crippen molar-refractivity contribution in [3.05, 3.63) is 17.7 Å². The van der Waals surface area contributed by atoms with Gasteiger partial charge in [-0.2, -0.15) is 0 Å². The van der Waals surface area contributed by atoms with Crippen LogP contribution in [0.25, 0.3) is 0 Å².